The molecule has 26 heavy (non-hydrogen) atoms. The molecule has 1 aromatic carbocycles. The molecule has 0 amide bonds. The van der Waals surface area contributed by atoms with Gasteiger partial charge in [0.1, 0.15) is 18.1 Å². The van der Waals surface area contributed by atoms with E-state index < -0.39 is 6.10 Å². The topological polar surface area (TPSA) is 73.3 Å². The second-order valence-electron chi connectivity index (χ2n) is 6.35. The van der Waals surface area contributed by atoms with Crippen LogP contribution >= 0.6 is 11.8 Å². The molecule has 3 aromatic rings. The van der Waals surface area contributed by atoms with E-state index >= 15 is 0 Å². The number of ether oxygens (including phenoxy) is 1. The Labute approximate surface area is 157 Å². The van der Waals surface area contributed by atoms with E-state index in [-0.39, 0.29) is 6.61 Å². The lowest BCUT2D eigenvalue weighted by molar-refractivity contribution is 0.126. The van der Waals surface area contributed by atoms with Crippen molar-refractivity contribution in [3.8, 4) is 17.1 Å². The molecule has 0 fully saturated rings. The Kier molecular flexibility index (Phi) is 5.68. The van der Waals surface area contributed by atoms with Crippen LogP contribution in [0.3, 0.4) is 0 Å². The molecule has 2 heterocycles. The van der Waals surface area contributed by atoms with Crippen LogP contribution in [0.4, 0.5) is 0 Å². The van der Waals surface area contributed by atoms with Crippen molar-refractivity contribution in [2.75, 3.05) is 12.4 Å². The van der Waals surface area contributed by atoms with Gasteiger partial charge in [-0.2, -0.15) is 0 Å². The molecule has 0 saturated carbocycles. The van der Waals surface area contributed by atoms with Crippen molar-refractivity contribution < 1.29 is 14.3 Å². The Morgan fingerprint density at radius 3 is 2.58 bits per heavy atom. The van der Waals surface area contributed by atoms with Gasteiger partial charge in [0.05, 0.1) is 17.9 Å². The Morgan fingerprint density at radius 1 is 1.19 bits per heavy atom. The van der Waals surface area contributed by atoms with E-state index in [1.807, 2.05) is 50.6 Å². The van der Waals surface area contributed by atoms with Crippen molar-refractivity contribution in [1.82, 2.24) is 14.8 Å². The lowest BCUT2D eigenvalue weighted by Crippen LogP contribution is -2.20. The summed E-state index contributed by atoms with van der Waals surface area (Å²) in [7, 11) is 1.91. The van der Waals surface area contributed by atoms with Gasteiger partial charge in [-0.25, -0.2) is 0 Å². The van der Waals surface area contributed by atoms with Gasteiger partial charge < -0.3 is 18.8 Å². The summed E-state index contributed by atoms with van der Waals surface area (Å²) < 4.78 is 12.9. The van der Waals surface area contributed by atoms with E-state index in [0.717, 1.165) is 39.2 Å². The number of rotatable bonds is 7. The summed E-state index contributed by atoms with van der Waals surface area (Å²) in [5.74, 6) is 2.81. The van der Waals surface area contributed by atoms with Crippen molar-refractivity contribution in [2.24, 2.45) is 7.05 Å². The van der Waals surface area contributed by atoms with Crippen molar-refractivity contribution in [2.45, 2.75) is 32.0 Å². The number of aliphatic hydroxyl groups is 1. The van der Waals surface area contributed by atoms with Gasteiger partial charge in [-0.05, 0) is 50.1 Å². The number of aryl methyl sites for hydroxylation is 3. The molecule has 0 radical (unpaired) electrons. The van der Waals surface area contributed by atoms with Gasteiger partial charge in [0.15, 0.2) is 11.0 Å². The zero-order chi connectivity index (χ0) is 18.7. The molecule has 2 aromatic heterocycles. The Bertz CT molecular complexity index is 868. The number of furan rings is 1. The highest BCUT2D eigenvalue weighted by atomic mass is 32.2. The molecule has 0 aliphatic rings. The molecule has 0 aliphatic heterocycles. The second-order valence-corrected chi connectivity index (χ2v) is 7.34. The predicted molar refractivity (Wildman–Crippen MR) is 102 cm³/mol. The Morgan fingerprint density at radius 2 is 1.92 bits per heavy atom. The Hall–Kier alpha value is -2.25. The van der Waals surface area contributed by atoms with Gasteiger partial charge in [0.25, 0.3) is 0 Å². The van der Waals surface area contributed by atoms with Gasteiger partial charge >= 0.3 is 0 Å². The number of thioether (sulfide) groups is 1. The van der Waals surface area contributed by atoms with Crippen LogP contribution in [0, 0.1) is 20.8 Å². The standard InChI is InChI=1S/C19H23N3O3S/c1-12-7-13(2)9-16(8-12)25-10-15(23)11-26-19-21-20-18(22(19)4)17-5-6-24-14(17)3/h5-9,15,23H,10-11H2,1-4H3/t15-/m1/s1. The third kappa shape index (κ3) is 4.28. The zero-order valence-corrected chi connectivity index (χ0v) is 16.2. The average molecular weight is 373 g/mol. The van der Waals surface area contributed by atoms with Crippen molar-refractivity contribution in [3.05, 3.63) is 47.4 Å². The first kappa shape index (κ1) is 18.5. The largest absolute Gasteiger partial charge is 0.491 e. The third-order valence-corrected chi connectivity index (χ3v) is 5.14. The first-order valence-corrected chi connectivity index (χ1v) is 9.38. The summed E-state index contributed by atoms with van der Waals surface area (Å²) in [6, 6.07) is 7.90. The van der Waals surface area contributed by atoms with Crippen LogP contribution in [0.5, 0.6) is 5.75 Å². The molecule has 3 rings (SSSR count). The van der Waals surface area contributed by atoms with E-state index in [1.165, 1.54) is 11.8 Å². The van der Waals surface area contributed by atoms with Gasteiger partial charge in [-0.1, -0.05) is 17.8 Å². The molecular formula is C19H23N3O3S. The fourth-order valence-electron chi connectivity index (χ4n) is 2.72. The maximum atomic E-state index is 10.2. The summed E-state index contributed by atoms with van der Waals surface area (Å²) in [5.41, 5.74) is 3.21. The summed E-state index contributed by atoms with van der Waals surface area (Å²) in [6.45, 7) is 6.19. The number of hydrogen-bond donors (Lipinski definition) is 1. The summed E-state index contributed by atoms with van der Waals surface area (Å²) in [4.78, 5) is 0. The smallest absolute Gasteiger partial charge is 0.191 e. The fraction of sp³-hybridized carbons (Fsp3) is 0.368. The highest BCUT2D eigenvalue weighted by molar-refractivity contribution is 7.99. The average Bonchev–Trinajstić information content (AvgIpc) is 3.15. The lowest BCUT2D eigenvalue weighted by atomic mass is 10.1. The van der Waals surface area contributed by atoms with E-state index in [9.17, 15) is 5.11 Å². The second kappa shape index (κ2) is 7.97. The molecule has 0 spiro atoms. The van der Waals surface area contributed by atoms with Crippen molar-refractivity contribution in [3.63, 3.8) is 0 Å². The zero-order valence-electron chi connectivity index (χ0n) is 15.4. The molecule has 6 nitrogen and oxygen atoms in total. The van der Waals surface area contributed by atoms with Crippen LogP contribution in [0.2, 0.25) is 0 Å². The minimum absolute atomic E-state index is 0.238. The fourth-order valence-corrected chi connectivity index (χ4v) is 3.54. The van der Waals surface area contributed by atoms with Crippen LogP contribution in [0.25, 0.3) is 11.4 Å². The normalized spacial score (nSPS) is 12.3. The lowest BCUT2D eigenvalue weighted by Gasteiger charge is -2.13. The monoisotopic (exact) mass is 373 g/mol. The number of benzene rings is 1. The van der Waals surface area contributed by atoms with Crippen LogP contribution in [0.1, 0.15) is 16.9 Å². The van der Waals surface area contributed by atoms with E-state index in [0.29, 0.717) is 5.75 Å². The Balaban J connectivity index is 1.56. The van der Waals surface area contributed by atoms with Gasteiger partial charge in [0.2, 0.25) is 0 Å². The summed E-state index contributed by atoms with van der Waals surface area (Å²) in [6.07, 6.45) is 1.04. The maximum Gasteiger partial charge on any atom is 0.191 e. The molecule has 0 saturated heterocycles. The molecule has 0 bridgehead atoms. The van der Waals surface area contributed by atoms with Gasteiger partial charge in [0, 0.05) is 12.8 Å². The number of aliphatic hydroxyl groups excluding tert-OH is 1. The minimum Gasteiger partial charge on any atom is -0.491 e. The van der Waals surface area contributed by atoms with E-state index in [2.05, 4.69) is 16.3 Å². The minimum atomic E-state index is -0.600. The highest BCUT2D eigenvalue weighted by Crippen LogP contribution is 2.26. The summed E-state index contributed by atoms with van der Waals surface area (Å²) >= 11 is 1.45. The number of nitrogens with zero attached hydrogens (tertiary/aromatic N) is 3. The molecule has 1 atom stereocenters. The van der Waals surface area contributed by atoms with Gasteiger partial charge in [-0.15, -0.1) is 10.2 Å². The highest BCUT2D eigenvalue weighted by Gasteiger charge is 2.16. The van der Waals surface area contributed by atoms with Crippen LogP contribution in [-0.2, 0) is 7.05 Å². The van der Waals surface area contributed by atoms with Crippen LogP contribution in [-0.4, -0.2) is 38.3 Å². The van der Waals surface area contributed by atoms with E-state index in [1.54, 1.807) is 6.26 Å². The third-order valence-electron chi connectivity index (χ3n) is 3.98. The molecule has 0 unspecified atom stereocenters. The van der Waals surface area contributed by atoms with Crippen LogP contribution in [0.15, 0.2) is 40.1 Å². The molecule has 138 valence electrons. The quantitative estimate of drug-likeness (QED) is 0.639. The first-order valence-electron chi connectivity index (χ1n) is 8.40. The predicted octanol–water partition coefficient (Wildman–Crippen LogP) is 3.53. The van der Waals surface area contributed by atoms with Crippen LogP contribution < -0.4 is 4.74 Å². The van der Waals surface area contributed by atoms with Crippen molar-refractivity contribution in [1.29, 1.82) is 0 Å². The van der Waals surface area contributed by atoms with Crippen molar-refractivity contribution >= 4 is 11.8 Å². The molecular weight excluding hydrogens is 350 g/mol. The molecule has 0 aliphatic carbocycles. The number of hydrogen-bond acceptors (Lipinski definition) is 6. The number of aromatic nitrogens is 3. The van der Waals surface area contributed by atoms with E-state index in [4.69, 9.17) is 9.15 Å². The SMILES string of the molecule is Cc1cc(C)cc(OC[C@@H](O)CSc2nnc(-c3ccoc3C)n2C)c1. The first-order chi connectivity index (χ1) is 12.4. The maximum absolute atomic E-state index is 10.2. The van der Waals surface area contributed by atoms with Gasteiger partial charge in [-0.3, -0.25) is 0 Å². The molecule has 7 heteroatoms. The molecule has 1 N–H and O–H groups in total. The summed E-state index contributed by atoms with van der Waals surface area (Å²) in [5, 5.41) is 19.4.